The number of pyridine rings is 2. The molecule has 0 amide bonds. The van der Waals surface area contributed by atoms with Crippen LogP contribution in [0, 0.1) is 50.4 Å². The number of nitrogens with one attached hydrogen (secondary N) is 1. The molecule has 0 saturated carbocycles. The maximum Gasteiger partial charge on any atom is 0.323 e. The van der Waals surface area contributed by atoms with Crippen LogP contribution in [-0.4, -0.2) is 174 Å². The molecule has 107 heavy (non-hydrogen) atoms. The van der Waals surface area contributed by atoms with E-state index in [1.165, 1.54) is 12.4 Å². The Labute approximate surface area is 635 Å². The van der Waals surface area contributed by atoms with E-state index in [1.807, 2.05) is 42.5 Å². The fourth-order valence-electron chi connectivity index (χ4n) is 12.7. The first-order chi connectivity index (χ1) is 51.8. The van der Waals surface area contributed by atoms with E-state index in [9.17, 15) is 30.2 Å². The number of nitriles is 2. The van der Waals surface area contributed by atoms with Crippen LogP contribution in [0.15, 0.2) is 139 Å². The summed E-state index contributed by atoms with van der Waals surface area (Å²) in [6.07, 6.45) is 11.2. The lowest BCUT2D eigenvalue weighted by molar-refractivity contribution is -0.137. The van der Waals surface area contributed by atoms with Crippen LogP contribution in [0.4, 0.5) is 0 Å². The number of hydrogen-bond acceptors (Lipinski definition) is 21. The molecule has 6 aromatic carbocycles. The van der Waals surface area contributed by atoms with Gasteiger partial charge in [0.1, 0.15) is 79.7 Å². The second-order valence-corrected chi connectivity index (χ2v) is 27.0. The number of amidine groups is 1. The topological polar surface area (TPSA) is 313 Å². The molecule has 0 spiro atoms. The zero-order valence-corrected chi connectivity index (χ0v) is 62.7. The van der Waals surface area contributed by atoms with Crippen molar-refractivity contribution in [2.45, 2.75) is 105 Å². The van der Waals surface area contributed by atoms with Crippen LogP contribution in [0.2, 0.25) is 10.0 Å². The van der Waals surface area contributed by atoms with E-state index in [-0.39, 0.29) is 45.1 Å². The summed E-state index contributed by atoms with van der Waals surface area (Å²) in [7, 11) is 1.55. The van der Waals surface area contributed by atoms with E-state index in [4.69, 9.17) is 72.5 Å². The third kappa shape index (κ3) is 23.7. The summed E-state index contributed by atoms with van der Waals surface area (Å²) < 4.78 is 42.8. The number of halogens is 2. The first-order valence-corrected chi connectivity index (χ1v) is 36.6. The van der Waals surface area contributed by atoms with E-state index in [2.05, 4.69) is 100 Å². The molecule has 3 aliphatic rings. The molecule has 0 unspecified atom stereocenters. The van der Waals surface area contributed by atoms with Crippen molar-refractivity contribution in [2.24, 2.45) is 10.7 Å². The number of nitrogens with zero attached hydrogens (tertiary/aromatic N) is 8. The number of aliphatic hydroxyl groups excluding tert-OH is 2. The number of aliphatic carboxylic acids is 2. The molecule has 11 rings (SSSR count). The zero-order chi connectivity index (χ0) is 76.2. The van der Waals surface area contributed by atoms with Gasteiger partial charge in [-0.05, 0) is 152 Å². The second kappa shape index (κ2) is 41.2. The van der Waals surface area contributed by atoms with E-state index in [1.54, 1.807) is 60.8 Å². The highest BCUT2D eigenvalue weighted by Crippen LogP contribution is 2.41. The molecule has 25 heteroatoms. The highest BCUT2D eigenvalue weighted by molar-refractivity contribution is 6.33. The molecule has 3 aliphatic heterocycles. The summed E-state index contributed by atoms with van der Waals surface area (Å²) in [6.45, 7) is 17.9. The van der Waals surface area contributed by atoms with E-state index in [0.29, 0.717) is 113 Å². The predicted octanol–water partition coefficient (Wildman–Crippen LogP) is 12.3. The molecular formula is C82H94Cl2N10O13. The van der Waals surface area contributed by atoms with Crippen LogP contribution >= 0.6 is 23.2 Å². The number of ether oxygens (including phenoxy) is 7. The summed E-state index contributed by atoms with van der Waals surface area (Å²) in [5, 5.41) is 58.9. The minimum absolute atomic E-state index is 0.00278. The molecule has 564 valence electrons. The molecule has 0 radical (unpaired) electrons. The number of piperidine rings is 2. The van der Waals surface area contributed by atoms with E-state index < -0.39 is 11.9 Å². The number of aliphatic hydroxyl groups is 2. The van der Waals surface area contributed by atoms with Crippen molar-refractivity contribution in [3.8, 4) is 74.6 Å². The Balaban J connectivity index is 0.000000226. The quantitative estimate of drug-likeness (QED) is 0.0213. The largest absolute Gasteiger partial charge is 0.493 e. The first-order valence-electron chi connectivity index (χ1n) is 35.8. The average molecular weight is 1500 g/mol. The van der Waals surface area contributed by atoms with Crippen molar-refractivity contribution >= 4 is 41.0 Å². The number of carboxylic acids is 2. The Kier molecular flexibility index (Phi) is 31.2. The van der Waals surface area contributed by atoms with Crippen molar-refractivity contribution in [1.82, 2.24) is 30.0 Å². The molecule has 0 aliphatic carbocycles. The summed E-state index contributed by atoms with van der Waals surface area (Å²) in [5.41, 5.74) is 18.7. The van der Waals surface area contributed by atoms with Crippen molar-refractivity contribution in [2.75, 3.05) is 98.9 Å². The van der Waals surface area contributed by atoms with Crippen molar-refractivity contribution < 1.29 is 63.2 Å². The molecule has 2 aromatic heterocycles. The number of aliphatic imine (C=N–C) groups is 1. The van der Waals surface area contributed by atoms with E-state index in [0.717, 1.165) is 150 Å². The first kappa shape index (κ1) is 81.0. The fraction of sp³-hybridized carbons (Fsp3) is 0.378. The highest BCUT2D eigenvalue weighted by atomic mass is 35.5. The third-order valence-corrected chi connectivity index (χ3v) is 19.2. The fourth-order valence-corrected chi connectivity index (χ4v) is 13.1. The summed E-state index contributed by atoms with van der Waals surface area (Å²) >= 11 is 13.4. The van der Waals surface area contributed by atoms with Crippen LogP contribution in [0.25, 0.3) is 22.3 Å². The summed E-state index contributed by atoms with van der Waals surface area (Å²) in [5.74, 6) is 2.64. The second-order valence-electron chi connectivity index (χ2n) is 26.2. The summed E-state index contributed by atoms with van der Waals surface area (Å²) in [4.78, 5) is 40.6. The number of carbonyl (C=O) groups is 2. The molecule has 5 heterocycles. The van der Waals surface area contributed by atoms with Crippen LogP contribution in [-0.2, 0) is 36.0 Å². The maximum absolute atomic E-state index is 11.6. The average Bonchev–Trinajstić information content (AvgIpc) is 1.35. The number of rotatable bonds is 32. The van der Waals surface area contributed by atoms with Crippen LogP contribution in [0.3, 0.4) is 0 Å². The van der Waals surface area contributed by atoms with Gasteiger partial charge < -0.3 is 79.3 Å². The number of carboxylic acid groups (broad SMARTS) is 2. The van der Waals surface area contributed by atoms with Crippen molar-refractivity contribution in [3.05, 3.63) is 205 Å². The third-order valence-electron chi connectivity index (χ3n) is 18.7. The maximum atomic E-state index is 11.6. The molecule has 7 N–H and O–H groups in total. The van der Waals surface area contributed by atoms with Gasteiger partial charge in [-0.2, -0.15) is 10.5 Å². The molecular weight excluding hydrogens is 1400 g/mol. The van der Waals surface area contributed by atoms with Gasteiger partial charge in [0.2, 0.25) is 0 Å². The standard InChI is InChI=1S/C41H44ClN5O6.C37H40ClN3O5.C4H10N2O2/c1-27-31(6-3-7-33(27)34-8-4-9-37(28(34)2)51-17-5-13-46-14-10-32(48)11-15-46)26-53-39-20-38(52-25-30-18-29(21-43)22-44-23-30)35(19-36(39)42)41-45-12-16-47(41)24-40(49)50;1-25-29(24-46-35-19-37(36(43-3)18-33(35)38)45-23-28-17-27(20-39)21-40-22-28)7-4-8-31(25)32-9-5-10-34(26(32)2)44-16-6-13-41-14-11-30(42)12-15-41;5-1-2-6-3-4(7)8/h3-4,6-9,18-20,22-23,32,48H,5,10-17,24-26H2,1-2H3,(H,49,50);4-5,7-10,17-19,21-22,30,42H,6,11-16,23-24H2,1-3H3;6H,1-3,5H2,(H,7,8). The monoisotopic (exact) mass is 1500 g/mol. The number of hydrogen-bond donors (Lipinski definition) is 6. The number of benzene rings is 6. The Morgan fingerprint density at radius 1 is 0.542 bits per heavy atom. The normalized spacial score (nSPS) is 13.9. The van der Waals surface area contributed by atoms with Crippen LogP contribution in [0.1, 0.15) is 99.7 Å². The Morgan fingerprint density at radius 2 is 1.00 bits per heavy atom. The Hall–Kier alpha value is -10.1. The zero-order valence-electron chi connectivity index (χ0n) is 61.2. The number of methoxy groups -OCH3 is 1. The predicted molar refractivity (Wildman–Crippen MR) is 411 cm³/mol. The van der Waals surface area contributed by atoms with Crippen molar-refractivity contribution in [3.63, 3.8) is 0 Å². The van der Waals surface area contributed by atoms with Gasteiger partial charge in [-0.1, -0.05) is 83.9 Å². The highest BCUT2D eigenvalue weighted by Gasteiger charge is 2.27. The lowest BCUT2D eigenvalue weighted by atomic mass is 9.93. The van der Waals surface area contributed by atoms with Gasteiger partial charge in [-0.3, -0.25) is 24.5 Å². The Bertz CT molecular complexity index is 4420. The minimum atomic E-state index is -0.967. The smallest absolute Gasteiger partial charge is 0.323 e. The molecule has 2 saturated heterocycles. The summed E-state index contributed by atoms with van der Waals surface area (Å²) in [6, 6.07) is 39.1. The molecule has 2 fully saturated rings. The molecule has 0 atom stereocenters. The molecule has 23 nitrogen and oxygen atoms in total. The van der Waals surface area contributed by atoms with Gasteiger partial charge in [-0.25, -0.2) is 0 Å². The number of nitrogens with two attached hydrogens (primary N) is 1. The minimum Gasteiger partial charge on any atom is -0.493 e. The van der Waals surface area contributed by atoms with Gasteiger partial charge >= 0.3 is 11.9 Å². The van der Waals surface area contributed by atoms with Crippen LogP contribution in [0.5, 0.6) is 40.2 Å². The van der Waals surface area contributed by atoms with Crippen LogP contribution < -0.4 is 44.2 Å². The molecule has 0 bridgehead atoms. The lowest BCUT2D eigenvalue weighted by Gasteiger charge is -2.29. The number of likely N-dealkylation sites (tertiary alicyclic amines) is 2. The Morgan fingerprint density at radius 3 is 1.47 bits per heavy atom. The van der Waals surface area contributed by atoms with Gasteiger partial charge in [0.25, 0.3) is 0 Å². The van der Waals surface area contributed by atoms with Gasteiger partial charge in [-0.15, -0.1) is 0 Å². The van der Waals surface area contributed by atoms with Gasteiger partial charge in [0.05, 0.1) is 72.4 Å². The molecule has 8 aromatic rings. The van der Waals surface area contributed by atoms with Gasteiger partial charge in [0.15, 0.2) is 11.5 Å². The lowest BCUT2D eigenvalue weighted by Crippen LogP contribution is -2.36. The van der Waals surface area contributed by atoms with Gasteiger partial charge in [0, 0.05) is 113 Å². The SMILES string of the molecule is COc1cc(Cl)c(OCc2cccc(-c3cccc(OCCCN4CCC(O)CC4)c3C)c2C)cc1OCc1cncc(C#N)c1.Cc1c(COc2cc(OCc3cncc(C#N)c3)c(C3=NCCN3CC(=O)O)cc2Cl)cccc1-c1cccc(OCCCN2CCC(O)CC2)c1C.NCCNCC(=O)O. The van der Waals surface area contributed by atoms with Crippen molar-refractivity contribution in [1.29, 1.82) is 10.5 Å². The number of aromatic nitrogens is 2. The van der Waals surface area contributed by atoms with E-state index >= 15 is 0 Å².